The first-order valence-corrected chi connectivity index (χ1v) is 7.10. The number of carboxylic acids is 1. The molecule has 2 rings (SSSR count). The van der Waals surface area contributed by atoms with Gasteiger partial charge in [-0.2, -0.15) is 0 Å². The zero-order valence-corrected chi connectivity index (χ0v) is 11.9. The fourth-order valence-electron chi connectivity index (χ4n) is 2.80. The molecule has 1 aliphatic rings. The van der Waals surface area contributed by atoms with E-state index in [1.54, 1.807) is 6.07 Å². The molecule has 2 N–H and O–H groups in total. The molecule has 0 saturated carbocycles. The minimum Gasteiger partial charge on any atom is -0.478 e. The van der Waals surface area contributed by atoms with Gasteiger partial charge in [0, 0.05) is 38.4 Å². The summed E-state index contributed by atoms with van der Waals surface area (Å²) in [4.78, 5) is 15.8. The van der Waals surface area contributed by atoms with Crippen LogP contribution in [0.2, 0.25) is 0 Å². The maximum Gasteiger partial charge on any atom is 0.336 e. The number of aliphatic hydroxyl groups is 1. The highest BCUT2D eigenvalue weighted by Crippen LogP contribution is 2.26. The summed E-state index contributed by atoms with van der Waals surface area (Å²) in [5, 5.41) is 18.2. The Bertz CT molecular complexity index is 468. The molecule has 5 heteroatoms. The van der Waals surface area contributed by atoms with Crippen LogP contribution in [0.3, 0.4) is 0 Å². The lowest BCUT2D eigenvalue weighted by Crippen LogP contribution is -2.47. The van der Waals surface area contributed by atoms with Gasteiger partial charge in [-0.3, -0.25) is 4.90 Å². The van der Waals surface area contributed by atoms with Gasteiger partial charge in [0.15, 0.2) is 0 Å². The Morgan fingerprint density at radius 2 is 1.95 bits per heavy atom. The number of aromatic carboxylic acids is 1. The van der Waals surface area contributed by atoms with Crippen molar-refractivity contribution in [1.82, 2.24) is 4.90 Å². The van der Waals surface area contributed by atoms with Crippen LogP contribution in [0, 0.1) is 0 Å². The van der Waals surface area contributed by atoms with E-state index >= 15 is 0 Å². The molecule has 0 atom stereocenters. The van der Waals surface area contributed by atoms with Crippen LogP contribution >= 0.6 is 0 Å². The van der Waals surface area contributed by atoms with E-state index < -0.39 is 5.97 Å². The van der Waals surface area contributed by atoms with Crippen LogP contribution in [0.5, 0.6) is 0 Å². The highest BCUT2D eigenvalue weighted by atomic mass is 16.4. The Balaban J connectivity index is 2.17. The smallest absolute Gasteiger partial charge is 0.336 e. The van der Waals surface area contributed by atoms with Crippen LogP contribution in [0.1, 0.15) is 22.8 Å². The van der Waals surface area contributed by atoms with Crippen molar-refractivity contribution in [3.63, 3.8) is 0 Å². The van der Waals surface area contributed by atoms with Gasteiger partial charge < -0.3 is 15.1 Å². The largest absolute Gasteiger partial charge is 0.478 e. The van der Waals surface area contributed by atoms with Crippen LogP contribution in [0.15, 0.2) is 18.2 Å². The van der Waals surface area contributed by atoms with Gasteiger partial charge in [-0.25, -0.2) is 4.79 Å². The van der Waals surface area contributed by atoms with Crippen LogP contribution in [-0.2, 0) is 6.42 Å². The second-order valence-electron chi connectivity index (χ2n) is 5.01. The third-order valence-corrected chi connectivity index (χ3v) is 3.86. The number of β-amino-alcohol motifs (C(OH)–C–C–N with tert-alkyl or cyclic N) is 1. The third-order valence-electron chi connectivity index (χ3n) is 3.86. The molecule has 5 nitrogen and oxygen atoms in total. The molecule has 0 bridgehead atoms. The summed E-state index contributed by atoms with van der Waals surface area (Å²) < 4.78 is 0. The first-order valence-electron chi connectivity index (χ1n) is 7.10. The fourth-order valence-corrected chi connectivity index (χ4v) is 2.80. The molecule has 20 heavy (non-hydrogen) atoms. The molecule has 0 radical (unpaired) electrons. The van der Waals surface area contributed by atoms with Crippen molar-refractivity contribution in [2.75, 3.05) is 44.2 Å². The van der Waals surface area contributed by atoms with Crippen LogP contribution in [0.4, 0.5) is 5.69 Å². The summed E-state index contributed by atoms with van der Waals surface area (Å²) >= 11 is 0. The number of nitrogens with zero attached hydrogens (tertiary/aromatic N) is 2. The second-order valence-corrected chi connectivity index (χ2v) is 5.01. The number of carbonyl (C=O) groups is 1. The van der Waals surface area contributed by atoms with E-state index in [9.17, 15) is 9.90 Å². The zero-order chi connectivity index (χ0) is 14.5. The molecule has 110 valence electrons. The molecule has 1 aromatic rings. The van der Waals surface area contributed by atoms with Gasteiger partial charge in [0.2, 0.25) is 0 Å². The molecular weight excluding hydrogens is 256 g/mol. The Morgan fingerprint density at radius 1 is 1.25 bits per heavy atom. The number of rotatable bonds is 5. The summed E-state index contributed by atoms with van der Waals surface area (Å²) in [6.45, 7) is 6.44. The van der Waals surface area contributed by atoms with Crippen molar-refractivity contribution < 1.29 is 15.0 Å². The summed E-state index contributed by atoms with van der Waals surface area (Å²) in [6, 6.07) is 5.50. The van der Waals surface area contributed by atoms with Crippen molar-refractivity contribution in [2.24, 2.45) is 0 Å². The van der Waals surface area contributed by atoms with Crippen LogP contribution in [-0.4, -0.2) is 60.4 Å². The number of anilines is 1. The number of hydrogen-bond acceptors (Lipinski definition) is 4. The number of piperazine rings is 1. The van der Waals surface area contributed by atoms with E-state index in [2.05, 4.69) is 9.80 Å². The summed E-state index contributed by atoms with van der Waals surface area (Å²) in [5.74, 6) is -0.859. The first-order chi connectivity index (χ1) is 9.67. The third kappa shape index (κ3) is 3.11. The summed E-state index contributed by atoms with van der Waals surface area (Å²) in [7, 11) is 0. The Hall–Kier alpha value is -1.59. The number of benzene rings is 1. The zero-order valence-electron chi connectivity index (χ0n) is 11.9. The van der Waals surface area contributed by atoms with Crippen molar-refractivity contribution in [3.05, 3.63) is 29.3 Å². The standard InChI is InChI=1S/C15H22N2O3/c1-2-12-13(15(19)20)4-3-5-14(12)17-8-6-16(7-9-17)10-11-18/h3-5,18H,2,6-11H2,1H3,(H,19,20). The van der Waals surface area contributed by atoms with E-state index in [1.807, 2.05) is 19.1 Å². The average Bonchev–Trinajstić information content (AvgIpc) is 2.47. The molecule has 0 amide bonds. The predicted octanol–water partition coefficient (Wildman–Crippen LogP) is 1.06. The Morgan fingerprint density at radius 3 is 2.50 bits per heavy atom. The average molecular weight is 278 g/mol. The monoisotopic (exact) mass is 278 g/mol. The molecule has 0 aliphatic carbocycles. The molecule has 1 fully saturated rings. The van der Waals surface area contributed by atoms with Crippen molar-refractivity contribution in [2.45, 2.75) is 13.3 Å². The van der Waals surface area contributed by atoms with Crippen molar-refractivity contribution in [3.8, 4) is 0 Å². The molecule has 1 saturated heterocycles. The van der Waals surface area contributed by atoms with Crippen molar-refractivity contribution in [1.29, 1.82) is 0 Å². The maximum absolute atomic E-state index is 11.3. The van der Waals surface area contributed by atoms with E-state index in [-0.39, 0.29) is 6.61 Å². The van der Waals surface area contributed by atoms with Crippen molar-refractivity contribution >= 4 is 11.7 Å². The Labute approximate surface area is 119 Å². The molecule has 0 spiro atoms. The molecule has 1 heterocycles. The highest BCUT2D eigenvalue weighted by molar-refractivity contribution is 5.91. The maximum atomic E-state index is 11.3. The number of carboxylic acid groups (broad SMARTS) is 1. The quantitative estimate of drug-likeness (QED) is 0.843. The normalized spacial score (nSPS) is 16.4. The van der Waals surface area contributed by atoms with Crippen LogP contribution < -0.4 is 4.90 Å². The van der Waals surface area contributed by atoms with Gasteiger partial charge in [0.25, 0.3) is 0 Å². The topological polar surface area (TPSA) is 64.0 Å². The SMILES string of the molecule is CCc1c(C(=O)O)cccc1N1CCN(CCO)CC1. The minimum absolute atomic E-state index is 0.189. The van der Waals surface area contributed by atoms with E-state index in [0.717, 1.165) is 37.4 Å². The van der Waals surface area contributed by atoms with Gasteiger partial charge in [-0.15, -0.1) is 0 Å². The van der Waals surface area contributed by atoms with E-state index in [0.29, 0.717) is 18.5 Å². The molecule has 1 aliphatic heterocycles. The van der Waals surface area contributed by atoms with Gasteiger partial charge in [-0.1, -0.05) is 13.0 Å². The lowest BCUT2D eigenvalue weighted by Gasteiger charge is -2.37. The molecule has 0 aromatic heterocycles. The minimum atomic E-state index is -0.859. The summed E-state index contributed by atoms with van der Waals surface area (Å²) in [5.41, 5.74) is 2.36. The molecule has 1 aromatic carbocycles. The Kier molecular flexibility index (Phi) is 4.98. The van der Waals surface area contributed by atoms with Gasteiger partial charge in [0.1, 0.15) is 0 Å². The predicted molar refractivity (Wildman–Crippen MR) is 78.5 cm³/mol. The number of aliphatic hydroxyl groups excluding tert-OH is 1. The first kappa shape index (κ1) is 14.8. The summed E-state index contributed by atoms with van der Waals surface area (Å²) in [6.07, 6.45) is 0.717. The van der Waals surface area contributed by atoms with E-state index in [1.165, 1.54) is 0 Å². The van der Waals surface area contributed by atoms with Crippen LogP contribution in [0.25, 0.3) is 0 Å². The number of hydrogen-bond donors (Lipinski definition) is 2. The lowest BCUT2D eigenvalue weighted by atomic mass is 10.0. The highest BCUT2D eigenvalue weighted by Gasteiger charge is 2.21. The molecule has 0 unspecified atom stereocenters. The van der Waals surface area contributed by atoms with E-state index in [4.69, 9.17) is 5.11 Å². The fraction of sp³-hybridized carbons (Fsp3) is 0.533. The molecular formula is C15H22N2O3. The van der Waals surface area contributed by atoms with Gasteiger partial charge >= 0.3 is 5.97 Å². The van der Waals surface area contributed by atoms with Gasteiger partial charge in [-0.05, 0) is 24.1 Å². The van der Waals surface area contributed by atoms with Gasteiger partial charge in [0.05, 0.1) is 12.2 Å². The second kappa shape index (κ2) is 6.72. The lowest BCUT2D eigenvalue weighted by molar-refractivity contribution is 0.0695.